The van der Waals surface area contributed by atoms with E-state index in [-0.39, 0.29) is 6.03 Å². The number of amides is 2. The molecule has 0 atom stereocenters. The third-order valence-corrected chi connectivity index (χ3v) is 5.24. The third kappa shape index (κ3) is 4.16. The van der Waals surface area contributed by atoms with Gasteiger partial charge in [0, 0.05) is 51.9 Å². The van der Waals surface area contributed by atoms with Gasteiger partial charge in [-0.1, -0.05) is 0 Å². The fourth-order valence-electron chi connectivity index (χ4n) is 3.72. The third-order valence-electron chi connectivity index (χ3n) is 5.24. The molecule has 4 rings (SSSR count). The van der Waals surface area contributed by atoms with E-state index in [1.807, 2.05) is 4.90 Å². The molecule has 8 heteroatoms. The van der Waals surface area contributed by atoms with E-state index in [1.165, 1.54) is 18.5 Å². The number of nitrogens with zero attached hydrogens (tertiary/aromatic N) is 6. The molecular formula is C19H29N7O. The highest BCUT2D eigenvalue weighted by molar-refractivity contribution is 5.73. The zero-order valence-corrected chi connectivity index (χ0v) is 16.5. The lowest BCUT2D eigenvalue weighted by molar-refractivity contribution is 0.169. The van der Waals surface area contributed by atoms with Crippen molar-refractivity contribution in [3.8, 4) is 0 Å². The molecule has 0 aromatic carbocycles. The highest BCUT2D eigenvalue weighted by Crippen LogP contribution is 2.39. The number of H-pyrrole nitrogens is 1. The van der Waals surface area contributed by atoms with Crippen molar-refractivity contribution in [2.24, 2.45) is 0 Å². The Morgan fingerprint density at radius 3 is 2.78 bits per heavy atom. The second kappa shape index (κ2) is 7.34. The topological polar surface area (TPSA) is 73.3 Å². The number of carbonyl (C=O) groups is 1. The Morgan fingerprint density at radius 2 is 2.04 bits per heavy atom. The van der Waals surface area contributed by atoms with Crippen molar-refractivity contribution >= 4 is 6.03 Å². The van der Waals surface area contributed by atoms with E-state index in [1.54, 1.807) is 19.0 Å². The summed E-state index contributed by atoms with van der Waals surface area (Å²) in [4.78, 5) is 18.1. The molecule has 1 N–H and O–H groups in total. The Hall–Kier alpha value is -2.35. The summed E-state index contributed by atoms with van der Waals surface area (Å²) in [5.41, 5.74) is 4.53. The lowest BCUT2D eigenvalue weighted by Crippen LogP contribution is -2.38. The average molecular weight is 371 g/mol. The van der Waals surface area contributed by atoms with Crippen LogP contribution >= 0.6 is 0 Å². The maximum Gasteiger partial charge on any atom is 0.319 e. The fourth-order valence-corrected chi connectivity index (χ4v) is 3.72. The molecule has 3 heterocycles. The maximum absolute atomic E-state index is 12.3. The van der Waals surface area contributed by atoms with Crippen molar-refractivity contribution in [1.82, 2.24) is 34.7 Å². The zero-order chi connectivity index (χ0) is 19.0. The molecular weight excluding hydrogens is 342 g/mol. The largest absolute Gasteiger partial charge is 0.331 e. The molecule has 146 valence electrons. The van der Waals surface area contributed by atoms with Crippen molar-refractivity contribution in [2.75, 3.05) is 27.7 Å². The van der Waals surface area contributed by atoms with Gasteiger partial charge in [-0.25, -0.2) is 4.79 Å². The first-order valence-electron chi connectivity index (χ1n) is 9.74. The number of nitrogens with one attached hydrogen (secondary N) is 1. The normalized spacial score (nSPS) is 17.1. The smallest absolute Gasteiger partial charge is 0.319 e. The number of aromatic amines is 1. The standard InChI is InChI=1S/C19H29N7O/c1-23(2)19(27)25-7-4-8-26-17(13-25)9-16(22-26)12-24(3)11-15-10-18(21-20-15)14-5-6-14/h9-10,14H,4-8,11-13H2,1-3H3,(H,20,21). The molecule has 1 aliphatic carbocycles. The van der Waals surface area contributed by atoms with E-state index in [0.29, 0.717) is 12.5 Å². The van der Waals surface area contributed by atoms with E-state index >= 15 is 0 Å². The van der Waals surface area contributed by atoms with Crippen LogP contribution in [0.5, 0.6) is 0 Å². The highest BCUT2D eigenvalue weighted by atomic mass is 16.2. The van der Waals surface area contributed by atoms with Crippen molar-refractivity contribution in [3.05, 3.63) is 34.9 Å². The van der Waals surface area contributed by atoms with Crippen molar-refractivity contribution < 1.29 is 4.79 Å². The molecule has 0 spiro atoms. The molecule has 0 saturated heterocycles. The van der Waals surface area contributed by atoms with Crippen LogP contribution < -0.4 is 0 Å². The number of carbonyl (C=O) groups excluding carboxylic acids is 1. The van der Waals surface area contributed by atoms with Gasteiger partial charge in [-0.15, -0.1) is 0 Å². The molecule has 0 unspecified atom stereocenters. The molecule has 0 radical (unpaired) electrons. The Labute approximate surface area is 160 Å². The quantitative estimate of drug-likeness (QED) is 0.872. The SMILES string of the molecule is CN(Cc1cc2n(n1)CCCN(C(=O)N(C)C)C2)Cc1cc(C2CC2)n[nH]1. The van der Waals surface area contributed by atoms with Gasteiger partial charge >= 0.3 is 6.03 Å². The molecule has 27 heavy (non-hydrogen) atoms. The first-order chi connectivity index (χ1) is 13.0. The van der Waals surface area contributed by atoms with Gasteiger partial charge in [0.1, 0.15) is 0 Å². The Kier molecular flexibility index (Phi) is 4.90. The summed E-state index contributed by atoms with van der Waals surface area (Å²) in [5.74, 6) is 0.678. The molecule has 2 aliphatic rings. The van der Waals surface area contributed by atoms with Crippen LogP contribution in [0.1, 0.15) is 48.0 Å². The average Bonchev–Trinajstić information content (AvgIpc) is 3.32. The number of hydrogen-bond acceptors (Lipinski definition) is 4. The van der Waals surface area contributed by atoms with Crippen LogP contribution in [0.4, 0.5) is 4.79 Å². The second-order valence-electron chi connectivity index (χ2n) is 8.07. The van der Waals surface area contributed by atoms with Crippen LogP contribution in [-0.4, -0.2) is 68.4 Å². The molecule has 2 amide bonds. The predicted octanol–water partition coefficient (Wildman–Crippen LogP) is 2.00. The number of urea groups is 1. The Morgan fingerprint density at radius 1 is 1.22 bits per heavy atom. The number of rotatable bonds is 5. The van der Waals surface area contributed by atoms with Crippen molar-refractivity contribution in [2.45, 2.75) is 51.4 Å². The van der Waals surface area contributed by atoms with Crippen LogP contribution in [0.25, 0.3) is 0 Å². The van der Waals surface area contributed by atoms with E-state index < -0.39 is 0 Å². The van der Waals surface area contributed by atoms with Gasteiger partial charge in [0.15, 0.2) is 0 Å². The fraction of sp³-hybridized carbons (Fsp3) is 0.632. The van der Waals surface area contributed by atoms with Crippen LogP contribution in [0.3, 0.4) is 0 Å². The number of aromatic nitrogens is 4. The van der Waals surface area contributed by atoms with Gasteiger partial charge in [-0.05, 0) is 38.4 Å². The van der Waals surface area contributed by atoms with E-state index in [9.17, 15) is 4.79 Å². The number of hydrogen-bond donors (Lipinski definition) is 1. The molecule has 8 nitrogen and oxygen atoms in total. The van der Waals surface area contributed by atoms with Gasteiger partial charge in [-0.2, -0.15) is 10.2 Å². The van der Waals surface area contributed by atoms with Crippen molar-refractivity contribution in [1.29, 1.82) is 0 Å². The van der Waals surface area contributed by atoms with Gasteiger partial charge < -0.3 is 9.80 Å². The monoisotopic (exact) mass is 371 g/mol. The van der Waals surface area contributed by atoms with Crippen molar-refractivity contribution in [3.63, 3.8) is 0 Å². The first-order valence-corrected chi connectivity index (χ1v) is 9.74. The Balaban J connectivity index is 1.38. The molecule has 1 saturated carbocycles. The number of aryl methyl sites for hydroxylation is 1. The van der Waals surface area contributed by atoms with Crippen LogP contribution in [0, 0.1) is 0 Å². The minimum Gasteiger partial charge on any atom is -0.331 e. The lowest BCUT2D eigenvalue weighted by Gasteiger charge is -2.24. The summed E-state index contributed by atoms with van der Waals surface area (Å²) in [6.07, 6.45) is 3.48. The lowest BCUT2D eigenvalue weighted by atomic mass is 10.2. The van der Waals surface area contributed by atoms with Crippen LogP contribution in [0.2, 0.25) is 0 Å². The van der Waals surface area contributed by atoms with Gasteiger partial charge in [0.05, 0.1) is 23.6 Å². The van der Waals surface area contributed by atoms with Crippen LogP contribution in [0.15, 0.2) is 12.1 Å². The molecule has 2 aromatic rings. The molecule has 1 fully saturated rings. The summed E-state index contributed by atoms with van der Waals surface area (Å²) >= 11 is 0. The summed E-state index contributed by atoms with van der Waals surface area (Å²) < 4.78 is 2.06. The van der Waals surface area contributed by atoms with E-state index in [2.05, 4.69) is 39.0 Å². The van der Waals surface area contributed by atoms with E-state index in [4.69, 9.17) is 5.10 Å². The maximum atomic E-state index is 12.3. The highest BCUT2D eigenvalue weighted by Gasteiger charge is 2.26. The molecule has 0 bridgehead atoms. The summed E-state index contributed by atoms with van der Waals surface area (Å²) in [6.45, 7) is 3.87. The van der Waals surface area contributed by atoms with Gasteiger partial charge in [-0.3, -0.25) is 14.7 Å². The Bertz CT molecular complexity index is 805. The minimum absolute atomic E-state index is 0.0639. The zero-order valence-electron chi connectivity index (χ0n) is 16.5. The van der Waals surface area contributed by atoms with Crippen LogP contribution in [-0.2, 0) is 26.2 Å². The van der Waals surface area contributed by atoms with Gasteiger partial charge in [0.25, 0.3) is 0 Å². The molecule has 1 aliphatic heterocycles. The second-order valence-corrected chi connectivity index (χ2v) is 8.07. The number of fused-ring (bicyclic) bond motifs is 1. The summed E-state index contributed by atoms with van der Waals surface area (Å²) in [7, 11) is 5.70. The van der Waals surface area contributed by atoms with Gasteiger partial charge in [0.2, 0.25) is 0 Å². The minimum atomic E-state index is 0.0639. The summed E-state index contributed by atoms with van der Waals surface area (Å²) in [5, 5.41) is 12.4. The van der Waals surface area contributed by atoms with E-state index in [0.717, 1.165) is 49.7 Å². The molecule has 2 aromatic heterocycles. The summed E-state index contributed by atoms with van der Waals surface area (Å²) in [6, 6.07) is 4.40. The predicted molar refractivity (Wildman–Crippen MR) is 102 cm³/mol. The first kappa shape index (κ1) is 18.0.